The van der Waals surface area contributed by atoms with Gasteiger partial charge in [0.15, 0.2) is 11.0 Å². The fraction of sp³-hybridized carbons (Fsp3) is 0.308. The number of carbonyl (C=O) groups is 2. The molecule has 3 rings (SSSR count). The zero-order valence-corrected chi connectivity index (χ0v) is 20.6. The molecule has 0 aliphatic carbocycles. The molecule has 1 aromatic heterocycles. The number of nitrogens with one attached hydrogen (secondary N) is 2. The van der Waals surface area contributed by atoms with Crippen molar-refractivity contribution in [1.29, 1.82) is 0 Å². The van der Waals surface area contributed by atoms with Gasteiger partial charge in [-0.1, -0.05) is 75.0 Å². The monoisotopic (exact) mass is 477 g/mol. The van der Waals surface area contributed by atoms with Gasteiger partial charge in [-0.25, -0.2) is 0 Å². The van der Waals surface area contributed by atoms with Crippen LogP contribution in [-0.4, -0.2) is 32.3 Å². The van der Waals surface area contributed by atoms with Crippen molar-refractivity contribution in [3.63, 3.8) is 0 Å². The topological polar surface area (TPSA) is 88.9 Å². The van der Waals surface area contributed by atoms with Gasteiger partial charge < -0.3 is 15.2 Å². The van der Waals surface area contributed by atoms with Gasteiger partial charge in [0.2, 0.25) is 5.91 Å². The third-order valence-corrected chi connectivity index (χ3v) is 6.30. The molecule has 1 atom stereocenters. The molecule has 178 valence electrons. The van der Waals surface area contributed by atoms with Crippen molar-refractivity contribution >= 4 is 29.3 Å². The Labute approximate surface area is 205 Å². The minimum Gasteiger partial charge on any atom is -0.342 e. The summed E-state index contributed by atoms with van der Waals surface area (Å²) < 4.78 is 1.90. The molecule has 0 saturated heterocycles. The van der Waals surface area contributed by atoms with Crippen LogP contribution in [0.1, 0.15) is 48.6 Å². The second-order valence-electron chi connectivity index (χ2n) is 8.15. The SMILES string of the molecule is C=CCn1c(SCC(=O)Nc2ccccc2CC)nnc1[C@@H](NC(=O)c1ccccc1)C(C)C. The predicted octanol–water partition coefficient (Wildman–Crippen LogP) is 4.88. The summed E-state index contributed by atoms with van der Waals surface area (Å²) in [6, 6.07) is 16.5. The average Bonchev–Trinajstić information content (AvgIpc) is 3.24. The molecule has 0 aliphatic rings. The van der Waals surface area contributed by atoms with Crippen molar-refractivity contribution in [2.24, 2.45) is 5.92 Å². The lowest BCUT2D eigenvalue weighted by Crippen LogP contribution is -2.33. The Kier molecular flexibility index (Phi) is 9.04. The summed E-state index contributed by atoms with van der Waals surface area (Å²) in [4.78, 5) is 25.4. The fourth-order valence-corrected chi connectivity index (χ4v) is 4.30. The Morgan fingerprint density at radius 2 is 1.79 bits per heavy atom. The number of benzene rings is 2. The number of aromatic nitrogens is 3. The number of carbonyl (C=O) groups excluding carboxylic acids is 2. The maximum atomic E-state index is 12.8. The van der Waals surface area contributed by atoms with E-state index in [0.717, 1.165) is 17.7 Å². The lowest BCUT2D eigenvalue weighted by atomic mass is 10.0. The van der Waals surface area contributed by atoms with Crippen LogP contribution < -0.4 is 10.6 Å². The van der Waals surface area contributed by atoms with Crippen molar-refractivity contribution in [3.8, 4) is 0 Å². The zero-order valence-electron chi connectivity index (χ0n) is 19.8. The Balaban J connectivity index is 1.75. The van der Waals surface area contributed by atoms with Gasteiger partial charge in [-0.3, -0.25) is 9.59 Å². The molecule has 0 spiro atoms. The van der Waals surface area contributed by atoms with Crippen molar-refractivity contribution in [3.05, 3.63) is 84.2 Å². The maximum Gasteiger partial charge on any atom is 0.251 e. The quantitative estimate of drug-likeness (QED) is 0.303. The number of hydrogen-bond donors (Lipinski definition) is 2. The lowest BCUT2D eigenvalue weighted by Gasteiger charge is -2.22. The molecule has 1 heterocycles. The summed E-state index contributed by atoms with van der Waals surface area (Å²) in [5.74, 6) is 0.621. The first-order chi connectivity index (χ1) is 16.4. The van der Waals surface area contributed by atoms with Gasteiger partial charge in [-0.15, -0.1) is 16.8 Å². The molecule has 0 saturated carbocycles. The summed E-state index contributed by atoms with van der Waals surface area (Å²) in [6.07, 6.45) is 2.59. The van der Waals surface area contributed by atoms with E-state index in [0.29, 0.717) is 23.1 Å². The molecule has 2 aromatic carbocycles. The molecular formula is C26H31N5O2S. The summed E-state index contributed by atoms with van der Waals surface area (Å²) in [6.45, 7) is 10.4. The van der Waals surface area contributed by atoms with E-state index < -0.39 is 0 Å². The van der Waals surface area contributed by atoms with Crippen LogP contribution in [0, 0.1) is 5.92 Å². The van der Waals surface area contributed by atoms with E-state index in [1.54, 1.807) is 18.2 Å². The van der Waals surface area contributed by atoms with Crippen molar-refractivity contribution in [2.75, 3.05) is 11.1 Å². The van der Waals surface area contributed by atoms with Crippen LogP contribution in [0.4, 0.5) is 5.69 Å². The highest BCUT2D eigenvalue weighted by atomic mass is 32.2. The Bertz CT molecular complexity index is 1130. The highest BCUT2D eigenvalue weighted by Gasteiger charge is 2.26. The Morgan fingerprint density at radius 1 is 1.09 bits per heavy atom. The molecule has 2 amide bonds. The van der Waals surface area contributed by atoms with E-state index in [-0.39, 0.29) is 29.5 Å². The maximum absolute atomic E-state index is 12.8. The molecule has 0 aliphatic heterocycles. The van der Waals surface area contributed by atoms with Gasteiger partial charge in [-0.2, -0.15) is 0 Å². The third-order valence-electron chi connectivity index (χ3n) is 5.33. The van der Waals surface area contributed by atoms with E-state index >= 15 is 0 Å². The number of allylic oxidation sites excluding steroid dienone is 1. The van der Waals surface area contributed by atoms with Gasteiger partial charge in [0.1, 0.15) is 0 Å². The van der Waals surface area contributed by atoms with E-state index in [1.165, 1.54) is 11.8 Å². The second-order valence-corrected chi connectivity index (χ2v) is 9.09. The summed E-state index contributed by atoms with van der Waals surface area (Å²) in [5.41, 5.74) is 2.50. The van der Waals surface area contributed by atoms with Crippen molar-refractivity contribution in [1.82, 2.24) is 20.1 Å². The van der Waals surface area contributed by atoms with E-state index in [4.69, 9.17) is 0 Å². The number of hydrogen-bond acceptors (Lipinski definition) is 5. The van der Waals surface area contributed by atoms with Crippen LogP contribution in [0.5, 0.6) is 0 Å². The van der Waals surface area contributed by atoms with E-state index in [9.17, 15) is 9.59 Å². The molecule has 0 radical (unpaired) electrons. The number of nitrogens with zero attached hydrogens (tertiary/aromatic N) is 3. The van der Waals surface area contributed by atoms with Crippen molar-refractivity contribution < 1.29 is 9.59 Å². The van der Waals surface area contributed by atoms with Gasteiger partial charge in [0.25, 0.3) is 5.91 Å². The van der Waals surface area contributed by atoms with Crippen LogP contribution in [0.2, 0.25) is 0 Å². The number of rotatable bonds is 11. The number of thioether (sulfide) groups is 1. The highest BCUT2D eigenvalue weighted by Crippen LogP contribution is 2.26. The number of aryl methyl sites for hydroxylation is 1. The molecule has 34 heavy (non-hydrogen) atoms. The Hall–Kier alpha value is -3.39. The summed E-state index contributed by atoms with van der Waals surface area (Å²) in [7, 11) is 0. The van der Waals surface area contributed by atoms with Gasteiger partial charge in [-0.05, 0) is 36.1 Å². The first-order valence-electron chi connectivity index (χ1n) is 11.3. The summed E-state index contributed by atoms with van der Waals surface area (Å²) >= 11 is 1.31. The largest absolute Gasteiger partial charge is 0.342 e. The molecule has 7 nitrogen and oxygen atoms in total. The third kappa shape index (κ3) is 6.35. The average molecular weight is 478 g/mol. The summed E-state index contributed by atoms with van der Waals surface area (Å²) in [5, 5.41) is 15.4. The molecule has 8 heteroatoms. The minimum atomic E-state index is -0.347. The second kappa shape index (κ2) is 12.2. The van der Waals surface area contributed by atoms with Crippen LogP contribution in [0.3, 0.4) is 0 Å². The first kappa shape index (κ1) is 25.2. The number of para-hydroxylation sites is 1. The smallest absolute Gasteiger partial charge is 0.251 e. The molecule has 2 N–H and O–H groups in total. The lowest BCUT2D eigenvalue weighted by molar-refractivity contribution is -0.113. The normalized spacial score (nSPS) is 11.8. The standard InChI is InChI=1S/C26H31N5O2S/c1-5-16-31-24(23(18(3)4)28-25(33)20-13-8-7-9-14-20)29-30-26(31)34-17-22(32)27-21-15-11-10-12-19(21)6-2/h5,7-15,18,23H,1,6,16-17H2,2-4H3,(H,27,32)(H,28,33)/t23-/m0/s1. The minimum absolute atomic E-state index is 0.0760. The molecular weight excluding hydrogens is 446 g/mol. The molecule has 0 fully saturated rings. The van der Waals surface area contributed by atoms with Crippen LogP contribution in [0.25, 0.3) is 0 Å². The first-order valence-corrected chi connectivity index (χ1v) is 12.3. The number of amides is 2. The zero-order chi connectivity index (χ0) is 24.5. The van der Waals surface area contributed by atoms with Gasteiger partial charge in [0.05, 0.1) is 11.8 Å². The van der Waals surface area contributed by atoms with Crippen LogP contribution in [0.15, 0.2) is 72.4 Å². The molecule has 0 bridgehead atoms. The van der Waals surface area contributed by atoms with Gasteiger partial charge in [0, 0.05) is 17.8 Å². The van der Waals surface area contributed by atoms with Crippen LogP contribution >= 0.6 is 11.8 Å². The van der Waals surface area contributed by atoms with Gasteiger partial charge >= 0.3 is 0 Å². The van der Waals surface area contributed by atoms with Crippen LogP contribution in [-0.2, 0) is 17.8 Å². The highest BCUT2D eigenvalue weighted by molar-refractivity contribution is 7.99. The van der Waals surface area contributed by atoms with E-state index in [2.05, 4.69) is 34.3 Å². The number of anilines is 1. The fourth-order valence-electron chi connectivity index (χ4n) is 3.55. The van der Waals surface area contributed by atoms with E-state index in [1.807, 2.05) is 60.9 Å². The van der Waals surface area contributed by atoms with Crippen molar-refractivity contribution in [2.45, 2.75) is 44.9 Å². The Morgan fingerprint density at radius 3 is 2.47 bits per heavy atom. The predicted molar refractivity (Wildman–Crippen MR) is 137 cm³/mol. The molecule has 0 unspecified atom stereocenters. The molecule has 3 aromatic rings.